The number of aromatic nitrogens is 1. The monoisotopic (exact) mass is 596 g/mol. The second-order valence-corrected chi connectivity index (χ2v) is 10.2. The minimum absolute atomic E-state index is 0.00327. The average Bonchev–Trinajstić information content (AvgIpc) is 3.59. The molecular weight excluding hydrogens is 575 g/mol. The van der Waals surface area contributed by atoms with Crippen LogP contribution in [0.5, 0.6) is 5.75 Å². The zero-order valence-corrected chi connectivity index (χ0v) is 23.3. The number of methoxy groups -OCH3 is 1. The molecule has 2 aromatic carbocycles. The van der Waals surface area contributed by atoms with Crippen LogP contribution < -0.4 is 19.6 Å². The molecule has 0 amide bonds. The maximum absolute atomic E-state index is 14.5. The number of ether oxygens (including phenoxy) is 3. The molecule has 2 aromatic heterocycles. The molecular formula is C29H22ClFN2O7S. The Kier molecular flexibility index (Phi) is 8.29. The molecule has 0 bridgehead atoms. The molecule has 0 saturated carbocycles. The number of benzene rings is 2. The normalized spacial score (nSPS) is 14.9. The molecule has 0 saturated heterocycles. The molecule has 0 radical (unpaired) electrons. The second-order valence-electron chi connectivity index (χ2n) is 8.78. The molecule has 1 unspecified atom stereocenters. The highest BCUT2D eigenvalue weighted by Gasteiger charge is 2.33. The van der Waals surface area contributed by atoms with Gasteiger partial charge in [0.1, 0.15) is 18.2 Å². The van der Waals surface area contributed by atoms with E-state index in [4.69, 9.17) is 30.2 Å². The zero-order chi connectivity index (χ0) is 29.1. The predicted molar refractivity (Wildman–Crippen MR) is 148 cm³/mol. The van der Waals surface area contributed by atoms with Crippen molar-refractivity contribution in [2.75, 3.05) is 20.3 Å². The summed E-state index contributed by atoms with van der Waals surface area (Å²) in [5, 5.41) is 0.144. The number of nitrogens with zero attached hydrogens (tertiary/aromatic N) is 2. The van der Waals surface area contributed by atoms with Crippen LogP contribution in [0.2, 0.25) is 5.02 Å². The third-order valence-corrected chi connectivity index (χ3v) is 7.48. The van der Waals surface area contributed by atoms with Crippen LogP contribution in [0, 0.1) is 5.82 Å². The highest BCUT2D eigenvalue weighted by Crippen LogP contribution is 2.32. The third kappa shape index (κ3) is 5.78. The van der Waals surface area contributed by atoms with E-state index in [1.165, 1.54) is 60.4 Å². The van der Waals surface area contributed by atoms with E-state index in [1.54, 1.807) is 25.1 Å². The van der Waals surface area contributed by atoms with Crippen LogP contribution in [-0.2, 0) is 14.3 Å². The number of esters is 2. The van der Waals surface area contributed by atoms with Gasteiger partial charge in [0.05, 0.1) is 39.7 Å². The summed E-state index contributed by atoms with van der Waals surface area (Å²) < 4.78 is 36.9. The predicted octanol–water partition coefficient (Wildman–Crippen LogP) is 4.03. The lowest BCUT2D eigenvalue weighted by molar-refractivity contribution is -0.140. The summed E-state index contributed by atoms with van der Waals surface area (Å²) in [5.74, 6) is -1.68. The fourth-order valence-corrected chi connectivity index (χ4v) is 5.49. The van der Waals surface area contributed by atoms with Crippen molar-refractivity contribution in [3.8, 4) is 5.75 Å². The Balaban J connectivity index is 1.59. The smallest absolute Gasteiger partial charge is 0.379 e. The third-order valence-electron chi connectivity index (χ3n) is 6.17. The number of hydrogen-bond donors (Lipinski definition) is 0. The quantitative estimate of drug-likeness (QED) is 0.172. The molecule has 0 aliphatic carbocycles. The van der Waals surface area contributed by atoms with E-state index in [0.29, 0.717) is 16.1 Å². The van der Waals surface area contributed by atoms with Crippen LogP contribution in [0.3, 0.4) is 0 Å². The van der Waals surface area contributed by atoms with E-state index in [1.807, 2.05) is 0 Å². The van der Waals surface area contributed by atoms with Gasteiger partial charge in [-0.15, -0.1) is 0 Å². The lowest BCUT2D eigenvalue weighted by Gasteiger charge is -2.25. The van der Waals surface area contributed by atoms with E-state index < -0.39 is 29.4 Å². The summed E-state index contributed by atoms with van der Waals surface area (Å²) in [6, 6.07) is 12.7. The molecule has 1 atom stereocenters. The van der Waals surface area contributed by atoms with E-state index in [2.05, 4.69) is 4.99 Å². The summed E-state index contributed by atoms with van der Waals surface area (Å²) in [7, 11) is 1.48. The maximum Gasteiger partial charge on any atom is 0.379 e. The molecule has 210 valence electrons. The Morgan fingerprint density at radius 3 is 2.59 bits per heavy atom. The van der Waals surface area contributed by atoms with Gasteiger partial charge in [-0.2, -0.15) is 0 Å². The highest BCUT2D eigenvalue weighted by molar-refractivity contribution is 7.07. The van der Waals surface area contributed by atoms with Gasteiger partial charge in [0.25, 0.3) is 5.56 Å². The van der Waals surface area contributed by atoms with Crippen molar-refractivity contribution in [3.05, 3.63) is 120 Å². The molecule has 1 aliphatic heterocycles. The Bertz CT molecular complexity index is 1810. The number of carbonyl (C=O) groups excluding carboxylic acids is 2. The number of carbonyl (C=O) groups is 2. The number of thiazole rings is 1. The van der Waals surface area contributed by atoms with Crippen LogP contribution in [0.15, 0.2) is 86.3 Å². The first-order valence-corrected chi connectivity index (χ1v) is 13.5. The molecule has 3 heterocycles. The van der Waals surface area contributed by atoms with Crippen molar-refractivity contribution in [1.29, 1.82) is 0 Å². The fourth-order valence-electron chi connectivity index (χ4n) is 4.24. The number of rotatable bonds is 8. The van der Waals surface area contributed by atoms with Crippen LogP contribution in [-0.4, -0.2) is 36.8 Å². The maximum atomic E-state index is 14.5. The zero-order valence-electron chi connectivity index (χ0n) is 21.8. The highest BCUT2D eigenvalue weighted by atomic mass is 35.5. The van der Waals surface area contributed by atoms with E-state index in [9.17, 15) is 18.8 Å². The van der Waals surface area contributed by atoms with Gasteiger partial charge in [-0.3, -0.25) is 9.36 Å². The average molecular weight is 597 g/mol. The minimum Gasteiger partial charge on any atom is -0.460 e. The number of halogens is 2. The van der Waals surface area contributed by atoms with E-state index in [0.717, 1.165) is 11.3 Å². The Morgan fingerprint density at radius 1 is 1.12 bits per heavy atom. The number of allylic oxidation sites excluding steroid dienone is 1. The number of fused-ring (bicyclic) bond motifs is 1. The standard InChI is InChI=1S/C29H22ClFN2O7S/c1-16-24(28(36)39-14-13-37-2)25(17-8-10-18(11-9-17)40-27(35)22-7-4-12-38-22)33-26(34)23(41-29(33)32-16)15-19-20(30)5-3-6-21(19)31/h3-12,15,25H,13-14H2,1-2H3/b23-15-. The second kappa shape index (κ2) is 12.0. The molecule has 5 rings (SSSR count). The lowest BCUT2D eigenvalue weighted by Crippen LogP contribution is -2.40. The first-order valence-electron chi connectivity index (χ1n) is 12.3. The topological polar surface area (TPSA) is 109 Å². The SMILES string of the molecule is COCCOC(=O)C1=C(C)N=c2s/c(=C\c3c(F)cccc3Cl)c(=O)n2C1c1ccc(OC(=O)c2ccco2)cc1. The molecule has 0 fully saturated rings. The lowest BCUT2D eigenvalue weighted by atomic mass is 9.96. The summed E-state index contributed by atoms with van der Waals surface area (Å²) in [4.78, 5) is 44.1. The summed E-state index contributed by atoms with van der Waals surface area (Å²) in [5.41, 5.74) is 0.578. The minimum atomic E-state index is -0.936. The molecule has 41 heavy (non-hydrogen) atoms. The van der Waals surface area contributed by atoms with Crippen LogP contribution >= 0.6 is 22.9 Å². The van der Waals surface area contributed by atoms with Gasteiger partial charge in [0, 0.05) is 12.7 Å². The molecule has 4 aromatic rings. The van der Waals surface area contributed by atoms with Crippen molar-refractivity contribution in [2.24, 2.45) is 4.99 Å². The van der Waals surface area contributed by atoms with Crippen molar-refractivity contribution in [3.63, 3.8) is 0 Å². The van der Waals surface area contributed by atoms with Crippen molar-refractivity contribution < 1.29 is 32.6 Å². The summed E-state index contributed by atoms with van der Waals surface area (Å²) >= 11 is 7.23. The Hall–Kier alpha value is -4.32. The van der Waals surface area contributed by atoms with Gasteiger partial charge in [-0.1, -0.05) is 41.1 Å². The van der Waals surface area contributed by atoms with Gasteiger partial charge >= 0.3 is 11.9 Å². The molecule has 1 aliphatic rings. The number of hydrogen-bond acceptors (Lipinski definition) is 9. The first kappa shape index (κ1) is 28.2. The first-order chi connectivity index (χ1) is 19.8. The molecule has 12 heteroatoms. The number of furan rings is 1. The van der Waals surface area contributed by atoms with Gasteiger partial charge in [0.2, 0.25) is 5.76 Å². The Labute approximate surface area is 241 Å². The summed E-state index contributed by atoms with van der Waals surface area (Å²) in [6.07, 6.45) is 2.73. The fraction of sp³-hybridized carbons (Fsp3) is 0.172. The Morgan fingerprint density at radius 2 is 1.90 bits per heavy atom. The van der Waals surface area contributed by atoms with Crippen molar-refractivity contribution >= 4 is 41.0 Å². The van der Waals surface area contributed by atoms with Gasteiger partial charge in [-0.25, -0.2) is 19.0 Å². The van der Waals surface area contributed by atoms with Crippen LogP contribution in [0.1, 0.15) is 34.6 Å². The van der Waals surface area contributed by atoms with E-state index >= 15 is 0 Å². The summed E-state index contributed by atoms with van der Waals surface area (Å²) in [6.45, 7) is 1.82. The van der Waals surface area contributed by atoms with Crippen molar-refractivity contribution in [2.45, 2.75) is 13.0 Å². The van der Waals surface area contributed by atoms with Crippen LogP contribution in [0.4, 0.5) is 4.39 Å². The molecule has 0 spiro atoms. The van der Waals surface area contributed by atoms with Gasteiger partial charge in [-0.05, 0) is 55.0 Å². The molecule has 9 nitrogen and oxygen atoms in total. The van der Waals surface area contributed by atoms with Gasteiger partial charge < -0.3 is 18.6 Å². The van der Waals surface area contributed by atoms with Gasteiger partial charge in [0.15, 0.2) is 4.80 Å². The van der Waals surface area contributed by atoms with Crippen LogP contribution in [0.25, 0.3) is 6.08 Å². The van der Waals surface area contributed by atoms with E-state index in [-0.39, 0.29) is 45.4 Å². The largest absolute Gasteiger partial charge is 0.460 e. The van der Waals surface area contributed by atoms with Crippen molar-refractivity contribution in [1.82, 2.24) is 4.57 Å². The molecule has 0 N–H and O–H groups in total.